The van der Waals surface area contributed by atoms with Gasteiger partial charge in [-0.2, -0.15) is 0 Å². The summed E-state index contributed by atoms with van der Waals surface area (Å²) in [5.74, 6) is -0.0660. The highest BCUT2D eigenvalue weighted by Gasteiger charge is 2.31. The van der Waals surface area contributed by atoms with Crippen LogP contribution in [0.4, 0.5) is 11.4 Å². The van der Waals surface area contributed by atoms with E-state index in [2.05, 4.69) is 5.32 Å². The van der Waals surface area contributed by atoms with E-state index in [1.54, 1.807) is 4.90 Å². The molecule has 2 unspecified atom stereocenters. The number of amides is 1. The van der Waals surface area contributed by atoms with Crippen LogP contribution in [-0.2, 0) is 4.79 Å². The predicted molar refractivity (Wildman–Crippen MR) is 69.6 cm³/mol. The number of carbonyl (C=O) groups is 1. The molecule has 2 atom stereocenters. The molecule has 0 saturated carbocycles. The molecule has 98 valence electrons. The van der Waals surface area contributed by atoms with Gasteiger partial charge in [0.05, 0.1) is 30.6 Å². The fourth-order valence-corrected chi connectivity index (χ4v) is 2.12. The SMILES string of the molecule is CCC1Nc2ccccc2N(CC(O)CO)C1=O. The molecule has 1 aliphatic heterocycles. The Labute approximate surface area is 106 Å². The third-order valence-corrected chi connectivity index (χ3v) is 3.10. The zero-order chi connectivity index (χ0) is 13.1. The van der Waals surface area contributed by atoms with Gasteiger partial charge in [0.2, 0.25) is 5.91 Å². The molecule has 0 spiro atoms. The van der Waals surface area contributed by atoms with Crippen LogP contribution in [0.25, 0.3) is 0 Å². The molecule has 0 saturated heterocycles. The zero-order valence-electron chi connectivity index (χ0n) is 10.3. The van der Waals surface area contributed by atoms with Gasteiger partial charge in [0.1, 0.15) is 6.04 Å². The van der Waals surface area contributed by atoms with E-state index in [0.717, 1.165) is 11.4 Å². The number of rotatable bonds is 4. The van der Waals surface area contributed by atoms with Gasteiger partial charge in [-0.3, -0.25) is 4.79 Å². The van der Waals surface area contributed by atoms with E-state index in [1.807, 2.05) is 31.2 Å². The van der Waals surface area contributed by atoms with E-state index in [9.17, 15) is 9.90 Å². The molecule has 1 aromatic carbocycles. The molecule has 18 heavy (non-hydrogen) atoms. The molecule has 0 aromatic heterocycles. The number of aliphatic hydroxyl groups is 2. The number of nitrogens with one attached hydrogen (secondary N) is 1. The molecule has 1 heterocycles. The van der Waals surface area contributed by atoms with Gasteiger partial charge in [0.15, 0.2) is 0 Å². The smallest absolute Gasteiger partial charge is 0.249 e. The van der Waals surface area contributed by atoms with Crippen LogP contribution in [0.2, 0.25) is 0 Å². The summed E-state index contributed by atoms with van der Waals surface area (Å²) in [6.07, 6.45) is -0.239. The molecular weight excluding hydrogens is 232 g/mol. The van der Waals surface area contributed by atoms with Gasteiger partial charge in [-0.15, -0.1) is 0 Å². The summed E-state index contributed by atoms with van der Waals surface area (Å²) in [5.41, 5.74) is 1.63. The van der Waals surface area contributed by atoms with Crippen LogP contribution in [0.5, 0.6) is 0 Å². The van der Waals surface area contributed by atoms with Crippen molar-refractivity contribution in [3.8, 4) is 0 Å². The molecule has 0 bridgehead atoms. The van der Waals surface area contributed by atoms with Crippen LogP contribution in [0, 0.1) is 0 Å². The maximum Gasteiger partial charge on any atom is 0.249 e. The highest BCUT2D eigenvalue weighted by atomic mass is 16.3. The fourth-order valence-electron chi connectivity index (χ4n) is 2.12. The number of hydrogen-bond donors (Lipinski definition) is 3. The van der Waals surface area contributed by atoms with Crippen LogP contribution < -0.4 is 10.2 Å². The maximum atomic E-state index is 12.2. The summed E-state index contributed by atoms with van der Waals surface area (Å²) in [5, 5.41) is 21.6. The number of β-amino-alcohol motifs (C(OH)–C–C–N with tert-alkyl or cyclic N) is 1. The van der Waals surface area contributed by atoms with Crippen LogP contribution in [0.3, 0.4) is 0 Å². The number of para-hydroxylation sites is 2. The van der Waals surface area contributed by atoms with Gasteiger partial charge in [-0.25, -0.2) is 0 Å². The summed E-state index contributed by atoms with van der Waals surface area (Å²) in [4.78, 5) is 13.8. The molecule has 5 nitrogen and oxygen atoms in total. The molecular formula is C13H18N2O3. The topological polar surface area (TPSA) is 72.8 Å². The van der Waals surface area contributed by atoms with Gasteiger partial charge in [-0.05, 0) is 18.6 Å². The Kier molecular flexibility index (Phi) is 3.84. The number of anilines is 2. The van der Waals surface area contributed by atoms with Crippen LogP contribution >= 0.6 is 0 Å². The minimum absolute atomic E-state index is 0.0660. The second-order valence-corrected chi connectivity index (χ2v) is 4.41. The first-order chi connectivity index (χ1) is 8.67. The van der Waals surface area contributed by atoms with Crippen molar-refractivity contribution in [1.29, 1.82) is 0 Å². The van der Waals surface area contributed by atoms with Crippen molar-refractivity contribution in [3.05, 3.63) is 24.3 Å². The van der Waals surface area contributed by atoms with Gasteiger partial charge in [0, 0.05) is 0 Å². The number of carbonyl (C=O) groups excluding carboxylic acids is 1. The summed E-state index contributed by atoms with van der Waals surface area (Å²) in [6.45, 7) is 1.70. The second kappa shape index (κ2) is 5.37. The number of aliphatic hydroxyl groups excluding tert-OH is 2. The Bertz CT molecular complexity index is 436. The number of hydrogen-bond acceptors (Lipinski definition) is 4. The summed E-state index contributed by atoms with van der Waals surface area (Å²) >= 11 is 0. The first kappa shape index (κ1) is 12.9. The van der Waals surface area contributed by atoms with Gasteiger partial charge < -0.3 is 20.4 Å². The monoisotopic (exact) mass is 250 g/mol. The Morgan fingerprint density at radius 3 is 2.83 bits per heavy atom. The van der Waals surface area contributed by atoms with E-state index in [0.29, 0.717) is 6.42 Å². The van der Waals surface area contributed by atoms with E-state index in [1.165, 1.54) is 0 Å². The standard InChI is InChI=1S/C13H18N2O3/c1-2-10-13(18)15(7-9(17)8-16)12-6-4-3-5-11(12)14-10/h3-6,9-10,14,16-17H,2,7-8H2,1H3. The molecule has 0 aliphatic carbocycles. The van der Waals surface area contributed by atoms with Crippen LogP contribution in [0.1, 0.15) is 13.3 Å². The van der Waals surface area contributed by atoms with Crippen molar-refractivity contribution in [1.82, 2.24) is 0 Å². The Morgan fingerprint density at radius 1 is 1.44 bits per heavy atom. The molecule has 1 amide bonds. The minimum Gasteiger partial charge on any atom is -0.394 e. The summed E-state index contributed by atoms with van der Waals surface area (Å²) in [6, 6.07) is 7.21. The molecule has 5 heteroatoms. The third kappa shape index (κ3) is 2.32. The third-order valence-electron chi connectivity index (χ3n) is 3.10. The molecule has 1 aromatic rings. The Morgan fingerprint density at radius 2 is 2.17 bits per heavy atom. The highest BCUT2D eigenvalue weighted by Crippen LogP contribution is 2.31. The quantitative estimate of drug-likeness (QED) is 0.731. The fraction of sp³-hybridized carbons (Fsp3) is 0.462. The normalized spacial score (nSPS) is 20.3. The first-order valence-corrected chi connectivity index (χ1v) is 6.13. The van der Waals surface area contributed by atoms with Gasteiger partial charge >= 0.3 is 0 Å². The van der Waals surface area contributed by atoms with Crippen molar-refractivity contribution < 1.29 is 15.0 Å². The number of fused-ring (bicyclic) bond motifs is 1. The minimum atomic E-state index is -0.919. The molecule has 1 aliphatic rings. The summed E-state index contributed by atoms with van der Waals surface area (Å²) in [7, 11) is 0. The Balaban J connectivity index is 2.32. The lowest BCUT2D eigenvalue weighted by Crippen LogP contribution is -2.50. The first-order valence-electron chi connectivity index (χ1n) is 6.13. The second-order valence-electron chi connectivity index (χ2n) is 4.41. The number of benzene rings is 1. The number of nitrogens with zero attached hydrogens (tertiary/aromatic N) is 1. The lowest BCUT2D eigenvalue weighted by atomic mass is 10.1. The van der Waals surface area contributed by atoms with E-state index in [4.69, 9.17) is 5.11 Å². The lowest BCUT2D eigenvalue weighted by Gasteiger charge is -2.35. The average molecular weight is 250 g/mol. The summed E-state index contributed by atoms with van der Waals surface area (Å²) < 4.78 is 0. The van der Waals surface area contributed by atoms with E-state index in [-0.39, 0.29) is 25.1 Å². The van der Waals surface area contributed by atoms with Gasteiger partial charge in [0.25, 0.3) is 0 Å². The van der Waals surface area contributed by atoms with E-state index < -0.39 is 6.10 Å². The van der Waals surface area contributed by atoms with Crippen molar-refractivity contribution in [2.24, 2.45) is 0 Å². The van der Waals surface area contributed by atoms with Crippen molar-refractivity contribution in [3.63, 3.8) is 0 Å². The molecule has 0 radical (unpaired) electrons. The molecule has 3 N–H and O–H groups in total. The Hall–Kier alpha value is -1.59. The highest BCUT2D eigenvalue weighted by molar-refractivity contribution is 6.04. The van der Waals surface area contributed by atoms with Crippen molar-refractivity contribution in [2.45, 2.75) is 25.5 Å². The molecule has 0 fully saturated rings. The van der Waals surface area contributed by atoms with Crippen LogP contribution in [0.15, 0.2) is 24.3 Å². The van der Waals surface area contributed by atoms with Crippen LogP contribution in [-0.4, -0.2) is 41.4 Å². The predicted octanol–water partition coefficient (Wildman–Crippen LogP) is 0.577. The average Bonchev–Trinajstić information content (AvgIpc) is 2.41. The van der Waals surface area contributed by atoms with E-state index >= 15 is 0 Å². The maximum absolute atomic E-state index is 12.2. The lowest BCUT2D eigenvalue weighted by molar-refractivity contribution is -0.120. The van der Waals surface area contributed by atoms with Crippen molar-refractivity contribution in [2.75, 3.05) is 23.4 Å². The van der Waals surface area contributed by atoms with Crippen molar-refractivity contribution >= 4 is 17.3 Å². The largest absolute Gasteiger partial charge is 0.394 e. The zero-order valence-corrected chi connectivity index (χ0v) is 10.3. The molecule has 2 rings (SSSR count). The van der Waals surface area contributed by atoms with Gasteiger partial charge in [-0.1, -0.05) is 19.1 Å².